The first-order valence-corrected chi connectivity index (χ1v) is 4.41. The molecule has 0 aromatic heterocycles. The van der Waals surface area contributed by atoms with Gasteiger partial charge < -0.3 is 4.55 Å². The molecule has 0 atom stereocenters. The molecule has 0 amide bonds. The molecule has 5 nitrogen and oxygen atoms in total. The molecule has 0 saturated heterocycles. The van der Waals surface area contributed by atoms with Crippen LogP contribution in [0.15, 0.2) is 29.2 Å². The number of rotatable bonds is 2. The number of hydrogen-bond donors (Lipinski definition) is 1. The van der Waals surface area contributed by atoms with E-state index in [1.165, 1.54) is 18.2 Å². The zero-order chi connectivity index (χ0) is 9.19. The summed E-state index contributed by atoms with van der Waals surface area (Å²) >= 11 is 0. The van der Waals surface area contributed by atoms with Crippen LogP contribution < -0.4 is 40.8 Å². The zero-order valence-corrected chi connectivity index (χ0v) is 9.71. The molecule has 1 aromatic carbocycles. The first kappa shape index (κ1) is 12.9. The van der Waals surface area contributed by atoms with Gasteiger partial charge in [-0.25, -0.2) is 8.42 Å². The number of nitrogens with one attached hydrogen (secondary N) is 1. The summed E-state index contributed by atoms with van der Waals surface area (Å²) in [6.07, 6.45) is 0. The Morgan fingerprint density at radius 2 is 1.85 bits per heavy atom. The van der Waals surface area contributed by atoms with E-state index in [4.69, 9.17) is 5.84 Å². The molecule has 1 aromatic rings. The van der Waals surface area contributed by atoms with E-state index in [0.29, 0.717) is 0 Å². The summed E-state index contributed by atoms with van der Waals surface area (Å²) in [7, 11) is -4.52. The van der Waals surface area contributed by atoms with Gasteiger partial charge in [-0.1, -0.05) is 12.1 Å². The Hall–Kier alpha value is -0.110. The monoisotopic (exact) mass is 208 g/mol. The van der Waals surface area contributed by atoms with Crippen LogP contribution in [0.1, 0.15) is 0 Å². The topological polar surface area (TPSA) is 91.5 Å². The minimum Gasteiger partial charge on any atom is -0.744 e. The minimum absolute atomic E-state index is 0. The Morgan fingerprint density at radius 1 is 1.31 bits per heavy atom. The average Bonchev–Trinajstić information content (AvgIpc) is 2.03. The van der Waals surface area contributed by atoms with Gasteiger partial charge in [0.2, 0.25) is 0 Å². The summed E-state index contributed by atoms with van der Waals surface area (Å²) in [6, 6.07) is 5.28. The molecule has 1 rings (SSSR count). The van der Waals surface area contributed by atoms with Crippen molar-refractivity contribution in [3.05, 3.63) is 24.3 Å². The molecule has 64 valence electrons. The van der Waals surface area contributed by atoms with Crippen molar-refractivity contribution in [3.63, 3.8) is 0 Å². The maximum atomic E-state index is 10.5. The summed E-state index contributed by atoms with van der Waals surface area (Å²) in [6.45, 7) is 0. The number of nitrogens with zero attached hydrogens (tertiary/aromatic N) is 1. The average molecular weight is 208 g/mol. The molecule has 13 heavy (non-hydrogen) atoms. The number of benzene rings is 1. The van der Waals surface area contributed by atoms with Gasteiger partial charge in [-0.05, 0) is 18.0 Å². The first-order valence-electron chi connectivity index (χ1n) is 3.01. The van der Waals surface area contributed by atoms with Crippen LogP contribution in [0.25, 0.3) is 0 Å². The van der Waals surface area contributed by atoms with Crippen molar-refractivity contribution < 1.29 is 42.5 Å². The summed E-state index contributed by atoms with van der Waals surface area (Å²) in [5, 5.41) is 0. The Labute approximate surface area is 98.3 Å². The van der Waals surface area contributed by atoms with Crippen molar-refractivity contribution in [2.24, 2.45) is 0 Å². The van der Waals surface area contributed by atoms with Gasteiger partial charge in [-0.15, -0.1) is 0 Å². The van der Waals surface area contributed by atoms with Crippen molar-refractivity contribution >= 4 is 15.8 Å². The molecular formula is C6H5N2NaO3S. The van der Waals surface area contributed by atoms with E-state index in [1.807, 2.05) is 0 Å². The SMILES string of the molecule is [N]Nc1ccccc1S(=O)(=O)[O-].[Na+]. The van der Waals surface area contributed by atoms with E-state index < -0.39 is 15.0 Å². The van der Waals surface area contributed by atoms with Gasteiger partial charge in [-0.3, -0.25) is 5.43 Å². The molecule has 0 aliphatic carbocycles. The number of anilines is 1. The molecule has 0 bridgehead atoms. The van der Waals surface area contributed by atoms with Crippen LogP contribution in [0.4, 0.5) is 5.69 Å². The van der Waals surface area contributed by atoms with Crippen LogP contribution in [-0.4, -0.2) is 13.0 Å². The van der Waals surface area contributed by atoms with Crippen LogP contribution in [0.3, 0.4) is 0 Å². The first-order chi connectivity index (χ1) is 5.55. The van der Waals surface area contributed by atoms with Gasteiger partial charge >= 0.3 is 29.6 Å². The Morgan fingerprint density at radius 3 is 2.23 bits per heavy atom. The van der Waals surface area contributed by atoms with Crippen molar-refractivity contribution in [3.8, 4) is 0 Å². The van der Waals surface area contributed by atoms with Crippen LogP contribution in [-0.2, 0) is 10.1 Å². The van der Waals surface area contributed by atoms with Crippen LogP contribution in [0, 0.1) is 0 Å². The number of hydrogen-bond acceptors (Lipinski definition) is 4. The fourth-order valence-corrected chi connectivity index (χ4v) is 1.41. The van der Waals surface area contributed by atoms with Gasteiger partial charge in [0.25, 0.3) is 0 Å². The van der Waals surface area contributed by atoms with E-state index in [-0.39, 0.29) is 35.2 Å². The van der Waals surface area contributed by atoms with Gasteiger partial charge in [0.1, 0.15) is 10.1 Å². The molecule has 0 fully saturated rings. The predicted molar refractivity (Wildman–Crippen MR) is 40.2 cm³/mol. The molecule has 0 saturated carbocycles. The molecule has 0 aliphatic rings. The molecular weight excluding hydrogens is 203 g/mol. The van der Waals surface area contributed by atoms with Crippen molar-refractivity contribution in [1.82, 2.24) is 5.84 Å². The molecule has 2 radical (unpaired) electrons. The summed E-state index contributed by atoms with van der Waals surface area (Å²) < 4.78 is 31.5. The minimum atomic E-state index is -4.52. The Balaban J connectivity index is 0.00000144. The second-order valence-corrected chi connectivity index (χ2v) is 3.41. The summed E-state index contributed by atoms with van der Waals surface area (Å²) in [5.74, 6) is 8.43. The normalized spacial score (nSPS) is 10.3. The Bertz CT molecular complexity index is 379. The second kappa shape index (κ2) is 4.94. The fourth-order valence-electron chi connectivity index (χ4n) is 0.777. The second-order valence-electron chi connectivity index (χ2n) is 2.06. The zero-order valence-electron chi connectivity index (χ0n) is 6.89. The van der Waals surface area contributed by atoms with Crippen LogP contribution >= 0.6 is 0 Å². The predicted octanol–water partition coefficient (Wildman–Crippen LogP) is -3.01. The smallest absolute Gasteiger partial charge is 0.744 e. The summed E-state index contributed by atoms with van der Waals surface area (Å²) in [5.41, 5.74) is 1.50. The van der Waals surface area contributed by atoms with Crippen LogP contribution in [0.5, 0.6) is 0 Å². The Kier molecular flexibility index (Phi) is 4.90. The summed E-state index contributed by atoms with van der Waals surface area (Å²) in [4.78, 5) is -0.465. The fraction of sp³-hybridized carbons (Fsp3) is 0. The maximum absolute atomic E-state index is 10.5. The molecule has 0 aliphatic heterocycles. The molecule has 0 heterocycles. The van der Waals surface area contributed by atoms with E-state index in [2.05, 4.69) is 0 Å². The quantitative estimate of drug-likeness (QED) is 0.318. The van der Waals surface area contributed by atoms with E-state index in [9.17, 15) is 13.0 Å². The maximum Gasteiger partial charge on any atom is 1.00 e. The van der Waals surface area contributed by atoms with E-state index in [1.54, 1.807) is 5.43 Å². The van der Waals surface area contributed by atoms with Gasteiger partial charge in [0.15, 0.2) is 0 Å². The largest absolute Gasteiger partial charge is 1.00 e. The van der Waals surface area contributed by atoms with Gasteiger partial charge in [0, 0.05) is 0 Å². The van der Waals surface area contributed by atoms with Gasteiger partial charge in [0.05, 0.1) is 10.6 Å². The number of para-hydroxylation sites is 1. The van der Waals surface area contributed by atoms with Crippen molar-refractivity contribution in [1.29, 1.82) is 0 Å². The van der Waals surface area contributed by atoms with Crippen LogP contribution in [0.2, 0.25) is 0 Å². The van der Waals surface area contributed by atoms with E-state index in [0.717, 1.165) is 6.07 Å². The van der Waals surface area contributed by atoms with E-state index >= 15 is 0 Å². The third-order valence-electron chi connectivity index (χ3n) is 1.28. The molecule has 1 N–H and O–H groups in total. The molecule has 7 heteroatoms. The van der Waals surface area contributed by atoms with Crippen molar-refractivity contribution in [2.75, 3.05) is 5.43 Å². The van der Waals surface area contributed by atoms with Gasteiger partial charge in [-0.2, -0.15) is 0 Å². The third-order valence-corrected chi connectivity index (χ3v) is 2.17. The third kappa shape index (κ3) is 3.26. The molecule has 0 spiro atoms. The van der Waals surface area contributed by atoms with Crippen molar-refractivity contribution in [2.45, 2.75) is 4.90 Å². The molecule has 0 unspecified atom stereocenters. The standard InChI is InChI=1S/C6H6N2O3S.Na/c7-8-5-3-1-2-4-6(5)12(9,10)11;/h1-4,8H,(H,9,10,11);/q;+1/p-1.